The van der Waals surface area contributed by atoms with Crippen molar-refractivity contribution in [2.75, 3.05) is 11.5 Å². The SMILES string of the molecule is CC1(NC(=O)c2ccc3ncsc3c2)CCS(=O)(=O)C1. The number of fused-ring (bicyclic) bond motifs is 1. The summed E-state index contributed by atoms with van der Waals surface area (Å²) in [6.07, 6.45) is 0.462. The highest BCUT2D eigenvalue weighted by atomic mass is 32.2. The number of amides is 1. The van der Waals surface area contributed by atoms with E-state index in [9.17, 15) is 13.2 Å². The molecule has 1 aliphatic rings. The number of hydrogen-bond donors (Lipinski definition) is 1. The monoisotopic (exact) mass is 310 g/mol. The molecule has 1 atom stereocenters. The number of hydrogen-bond acceptors (Lipinski definition) is 5. The summed E-state index contributed by atoms with van der Waals surface area (Å²) in [5.74, 6) is -0.0912. The van der Waals surface area contributed by atoms with E-state index in [4.69, 9.17) is 0 Å². The molecule has 5 nitrogen and oxygen atoms in total. The Hall–Kier alpha value is -1.47. The maximum Gasteiger partial charge on any atom is 0.251 e. The Balaban J connectivity index is 1.82. The molecule has 1 aliphatic heterocycles. The summed E-state index contributed by atoms with van der Waals surface area (Å²) in [6, 6.07) is 5.30. The smallest absolute Gasteiger partial charge is 0.251 e. The number of carbonyl (C=O) groups excluding carboxylic acids is 1. The third kappa shape index (κ3) is 2.55. The fourth-order valence-corrected chi connectivity index (χ4v) is 5.26. The molecule has 1 aromatic heterocycles. The van der Waals surface area contributed by atoms with Crippen LogP contribution in [0.3, 0.4) is 0 Å². The summed E-state index contributed by atoms with van der Waals surface area (Å²) < 4.78 is 24.0. The van der Waals surface area contributed by atoms with Crippen molar-refractivity contribution in [3.63, 3.8) is 0 Å². The first-order chi connectivity index (χ1) is 9.37. The Morgan fingerprint density at radius 1 is 1.45 bits per heavy atom. The van der Waals surface area contributed by atoms with Gasteiger partial charge in [-0.3, -0.25) is 4.79 Å². The highest BCUT2D eigenvalue weighted by Gasteiger charge is 2.39. The molecule has 1 N–H and O–H groups in total. The van der Waals surface area contributed by atoms with Crippen LogP contribution in [0.2, 0.25) is 0 Å². The third-order valence-electron chi connectivity index (χ3n) is 3.51. The van der Waals surface area contributed by atoms with Crippen LogP contribution in [-0.4, -0.2) is 36.4 Å². The minimum Gasteiger partial charge on any atom is -0.346 e. The Morgan fingerprint density at radius 2 is 2.25 bits per heavy atom. The van der Waals surface area contributed by atoms with Crippen LogP contribution < -0.4 is 5.32 Å². The maximum atomic E-state index is 12.3. The van der Waals surface area contributed by atoms with E-state index in [1.54, 1.807) is 30.6 Å². The Morgan fingerprint density at radius 3 is 2.95 bits per heavy atom. The molecular weight excluding hydrogens is 296 g/mol. The topological polar surface area (TPSA) is 76.1 Å². The molecule has 0 radical (unpaired) electrons. The summed E-state index contributed by atoms with van der Waals surface area (Å²) in [5.41, 5.74) is 2.46. The van der Waals surface area contributed by atoms with E-state index < -0.39 is 15.4 Å². The van der Waals surface area contributed by atoms with Gasteiger partial charge in [0.05, 0.1) is 32.8 Å². The van der Waals surface area contributed by atoms with Crippen molar-refractivity contribution in [1.82, 2.24) is 10.3 Å². The lowest BCUT2D eigenvalue weighted by molar-refractivity contribution is 0.0915. The van der Waals surface area contributed by atoms with Crippen molar-refractivity contribution in [1.29, 1.82) is 0 Å². The summed E-state index contributed by atoms with van der Waals surface area (Å²) >= 11 is 1.47. The van der Waals surface area contributed by atoms with E-state index in [2.05, 4.69) is 10.3 Å². The van der Waals surface area contributed by atoms with Gasteiger partial charge in [-0.25, -0.2) is 13.4 Å². The first kappa shape index (κ1) is 13.5. The normalized spacial score (nSPS) is 24.9. The first-order valence-corrected chi connectivity index (χ1v) is 8.93. The van der Waals surface area contributed by atoms with Gasteiger partial charge in [-0.2, -0.15) is 0 Å². The predicted molar refractivity (Wildman–Crippen MR) is 78.8 cm³/mol. The van der Waals surface area contributed by atoms with Gasteiger partial charge in [0, 0.05) is 5.56 Å². The van der Waals surface area contributed by atoms with Gasteiger partial charge in [-0.15, -0.1) is 11.3 Å². The van der Waals surface area contributed by atoms with E-state index >= 15 is 0 Å². The maximum absolute atomic E-state index is 12.3. The highest BCUT2D eigenvalue weighted by Crippen LogP contribution is 2.24. The molecule has 7 heteroatoms. The second-order valence-corrected chi connectivity index (χ2v) is 8.46. The number of aromatic nitrogens is 1. The van der Waals surface area contributed by atoms with E-state index in [0.717, 1.165) is 10.2 Å². The molecule has 1 aromatic carbocycles. The van der Waals surface area contributed by atoms with Gasteiger partial charge >= 0.3 is 0 Å². The Labute approximate surface area is 120 Å². The fraction of sp³-hybridized carbons (Fsp3) is 0.385. The van der Waals surface area contributed by atoms with E-state index in [-0.39, 0.29) is 17.4 Å². The molecule has 0 spiro atoms. The standard InChI is InChI=1S/C13H14N2O3S2/c1-13(4-5-20(17,18)7-13)15-12(16)9-2-3-10-11(6-9)19-8-14-10/h2-3,6,8H,4-5,7H2,1H3,(H,15,16). The molecular formula is C13H14N2O3S2. The van der Waals surface area contributed by atoms with Crippen LogP contribution >= 0.6 is 11.3 Å². The number of nitrogens with one attached hydrogen (secondary N) is 1. The summed E-state index contributed by atoms with van der Waals surface area (Å²) in [7, 11) is -3.03. The van der Waals surface area contributed by atoms with Crippen LogP contribution in [0.4, 0.5) is 0 Å². The third-order valence-corrected chi connectivity index (χ3v) is 6.21. The molecule has 0 bridgehead atoms. The molecule has 20 heavy (non-hydrogen) atoms. The molecule has 1 amide bonds. The van der Waals surface area contributed by atoms with Crippen LogP contribution in [0.15, 0.2) is 23.7 Å². The quantitative estimate of drug-likeness (QED) is 0.914. The molecule has 2 aromatic rings. The molecule has 1 unspecified atom stereocenters. The summed E-state index contributed by atoms with van der Waals surface area (Å²) in [5, 5.41) is 2.85. The largest absolute Gasteiger partial charge is 0.346 e. The summed E-state index contributed by atoms with van der Waals surface area (Å²) in [4.78, 5) is 16.4. The van der Waals surface area contributed by atoms with Gasteiger partial charge in [0.25, 0.3) is 5.91 Å². The van der Waals surface area contributed by atoms with Gasteiger partial charge in [0.1, 0.15) is 0 Å². The molecule has 1 saturated heterocycles. The zero-order valence-electron chi connectivity index (χ0n) is 10.9. The van der Waals surface area contributed by atoms with Crippen molar-refractivity contribution in [3.8, 4) is 0 Å². The fourth-order valence-electron chi connectivity index (χ4n) is 2.45. The average molecular weight is 310 g/mol. The van der Waals surface area contributed by atoms with Crippen LogP contribution in [0, 0.1) is 0 Å². The number of thiazole rings is 1. The average Bonchev–Trinajstić information content (AvgIpc) is 2.92. The van der Waals surface area contributed by atoms with Crippen molar-refractivity contribution >= 4 is 37.3 Å². The predicted octanol–water partition coefficient (Wildman–Crippen LogP) is 1.60. The number of carbonyl (C=O) groups is 1. The van der Waals surface area contributed by atoms with Gasteiger partial charge in [0.15, 0.2) is 9.84 Å². The Bertz CT molecular complexity index is 782. The van der Waals surface area contributed by atoms with Crippen LogP contribution in [0.1, 0.15) is 23.7 Å². The zero-order chi connectivity index (χ0) is 14.4. The van der Waals surface area contributed by atoms with Gasteiger partial charge in [0.2, 0.25) is 0 Å². The molecule has 106 valence electrons. The van der Waals surface area contributed by atoms with Crippen molar-refractivity contribution < 1.29 is 13.2 Å². The van der Waals surface area contributed by atoms with E-state index in [1.807, 2.05) is 0 Å². The number of benzene rings is 1. The van der Waals surface area contributed by atoms with E-state index in [1.165, 1.54) is 11.3 Å². The van der Waals surface area contributed by atoms with Gasteiger partial charge in [-0.1, -0.05) is 0 Å². The van der Waals surface area contributed by atoms with Crippen molar-refractivity contribution in [3.05, 3.63) is 29.3 Å². The van der Waals surface area contributed by atoms with Gasteiger partial charge < -0.3 is 5.32 Å². The van der Waals surface area contributed by atoms with E-state index in [0.29, 0.717) is 12.0 Å². The van der Waals surface area contributed by atoms with Crippen molar-refractivity contribution in [2.24, 2.45) is 0 Å². The van der Waals surface area contributed by atoms with Crippen LogP contribution in [0.5, 0.6) is 0 Å². The molecule has 2 heterocycles. The molecule has 3 rings (SSSR count). The van der Waals surface area contributed by atoms with Gasteiger partial charge in [-0.05, 0) is 31.5 Å². The number of nitrogens with zero attached hydrogens (tertiary/aromatic N) is 1. The lowest BCUT2D eigenvalue weighted by Crippen LogP contribution is -2.46. The molecule has 1 fully saturated rings. The molecule has 0 saturated carbocycles. The minimum absolute atomic E-state index is 0.00847. The summed E-state index contributed by atoms with van der Waals surface area (Å²) in [6.45, 7) is 1.78. The Kier molecular flexibility index (Phi) is 3.06. The highest BCUT2D eigenvalue weighted by molar-refractivity contribution is 7.91. The van der Waals surface area contributed by atoms with Crippen LogP contribution in [0.25, 0.3) is 10.2 Å². The minimum atomic E-state index is -3.03. The lowest BCUT2D eigenvalue weighted by atomic mass is 10.0. The zero-order valence-corrected chi connectivity index (χ0v) is 12.6. The molecule has 0 aliphatic carbocycles. The second-order valence-electron chi connectivity index (χ2n) is 5.39. The van der Waals surface area contributed by atoms with Crippen molar-refractivity contribution in [2.45, 2.75) is 18.9 Å². The second kappa shape index (κ2) is 4.53. The van der Waals surface area contributed by atoms with Crippen LogP contribution in [-0.2, 0) is 9.84 Å². The number of sulfone groups is 1. The lowest BCUT2D eigenvalue weighted by Gasteiger charge is -2.23. The number of rotatable bonds is 2. The first-order valence-electron chi connectivity index (χ1n) is 6.23.